The van der Waals surface area contributed by atoms with Gasteiger partial charge in [0.2, 0.25) is 0 Å². The smallest absolute Gasteiger partial charge is 0.429 e. The maximum absolute atomic E-state index is 15.2. The lowest BCUT2D eigenvalue weighted by Crippen LogP contribution is -2.28. The summed E-state index contributed by atoms with van der Waals surface area (Å²) in [7, 11) is 0. The van der Waals surface area contributed by atoms with E-state index in [1.54, 1.807) is 12.1 Å². The zero-order valence-corrected chi connectivity index (χ0v) is 23.8. The summed E-state index contributed by atoms with van der Waals surface area (Å²) >= 11 is 0. The first-order valence-electron chi connectivity index (χ1n) is 14.7. The molecule has 0 unspecified atom stereocenters. The molecule has 0 radical (unpaired) electrons. The second-order valence-electron chi connectivity index (χ2n) is 11.6. The fraction of sp³-hybridized carbons (Fsp3) is 0.412. The summed E-state index contributed by atoms with van der Waals surface area (Å²) in [5.74, 6) is -9.65. The van der Waals surface area contributed by atoms with Crippen LogP contribution in [-0.4, -0.2) is 12.7 Å². The van der Waals surface area contributed by atoms with Gasteiger partial charge >= 0.3 is 6.11 Å². The number of hydrogen-bond acceptors (Lipinski definition) is 2. The van der Waals surface area contributed by atoms with Crippen molar-refractivity contribution in [2.24, 2.45) is 11.8 Å². The molecule has 236 valence electrons. The highest BCUT2D eigenvalue weighted by molar-refractivity contribution is 5.65. The Morgan fingerprint density at radius 2 is 1.27 bits per heavy atom. The molecule has 2 aliphatic carbocycles. The first kappa shape index (κ1) is 32.0. The maximum Gasteiger partial charge on any atom is 0.432 e. The number of halogens is 8. The van der Waals surface area contributed by atoms with E-state index < -0.39 is 52.3 Å². The van der Waals surface area contributed by atoms with Crippen LogP contribution < -0.4 is 4.74 Å². The number of alkyl halides is 2. The summed E-state index contributed by atoms with van der Waals surface area (Å²) in [5.41, 5.74) is -1.59. The third kappa shape index (κ3) is 6.95. The predicted molar refractivity (Wildman–Crippen MR) is 149 cm³/mol. The molecule has 2 saturated carbocycles. The van der Waals surface area contributed by atoms with Crippen LogP contribution in [-0.2, 0) is 10.8 Å². The Kier molecular flexibility index (Phi) is 9.68. The molecule has 0 bridgehead atoms. The van der Waals surface area contributed by atoms with Crippen molar-refractivity contribution >= 4 is 0 Å². The van der Waals surface area contributed by atoms with Gasteiger partial charge in [0, 0.05) is 17.7 Å². The minimum atomic E-state index is -4.73. The van der Waals surface area contributed by atoms with E-state index in [9.17, 15) is 30.7 Å². The third-order valence-corrected chi connectivity index (χ3v) is 8.92. The summed E-state index contributed by atoms with van der Waals surface area (Å²) in [5, 5.41) is 0. The highest BCUT2D eigenvalue weighted by Gasteiger charge is 2.42. The topological polar surface area (TPSA) is 18.5 Å². The van der Waals surface area contributed by atoms with Crippen molar-refractivity contribution in [2.75, 3.05) is 6.61 Å². The van der Waals surface area contributed by atoms with Gasteiger partial charge in [0.05, 0.1) is 12.7 Å². The van der Waals surface area contributed by atoms with Gasteiger partial charge in [-0.05, 0) is 98.4 Å². The minimum absolute atomic E-state index is 0.117. The van der Waals surface area contributed by atoms with E-state index in [1.165, 1.54) is 12.1 Å². The van der Waals surface area contributed by atoms with Crippen LogP contribution in [0.4, 0.5) is 35.1 Å². The molecule has 0 saturated heterocycles. The lowest BCUT2D eigenvalue weighted by Gasteiger charge is -2.38. The van der Waals surface area contributed by atoms with Crippen molar-refractivity contribution in [3.63, 3.8) is 0 Å². The Balaban J connectivity index is 1.25. The number of hydrogen-bond donors (Lipinski definition) is 0. The van der Waals surface area contributed by atoms with Crippen molar-refractivity contribution in [1.82, 2.24) is 0 Å². The molecule has 0 atom stereocenters. The molecule has 0 aliphatic heterocycles. The fourth-order valence-corrected chi connectivity index (χ4v) is 6.67. The first-order chi connectivity index (χ1) is 21.0. The van der Waals surface area contributed by atoms with Crippen LogP contribution in [0, 0.1) is 46.7 Å². The van der Waals surface area contributed by atoms with Gasteiger partial charge in [-0.3, -0.25) is 0 Å². The van der Waals surface area contributed by atoms with E-state index in [2.05, 4.69) is 11.3 Å². The SMILES string of the molecule is C=CCOC1CCC(C2CCC(c3ccc(-c4cc(F)c(C(F)(F)Oc5cc(F)c(F)c(F)c5)c(F)c4)c(F)c3)CC2)CC1. The number of rotatable bonds is 9. The summed E-state index contributed by atoms with van der Waals surface area (Å²) in [4.78, 5) is 0. The molecule has 0 amide bonds. The van der Waals surface area contributed by atoms with Crippen molar-refractivity contribution < 1.29 is 44.6 Å². The van der Waals surface area contributed by atoms with Crippen LogP contribution in [0.25, 0.3) is 11.1 Å². The molecule has 10 heteroatoms. The molecule has 2 nitrogen and oxygen atoms in total. The average molecular weight is 625 g/mol. The van der Waals surface area contributed by atoms with Crippen LogP contribution in [0.5, 0.6) is 5.75 Å². The highest BCUT2D eigenvalue weighted by Crippen LogP contribution is 2.44. The molecule has 5 rings (SSSR count). The van der Waals surface area contributed by atoms with Crippen molar-refractivity contribution in [3.8, 4) is 16.9 Å². The lowest BCUT2D eigenvalue weighted by atomic mass is 9.69. The Morgan fingerprint density at radius 1 is 0.705 bits per heavy atom. The van der Waals surface area contributed by atoms with Crippen LogP contribution in [0.2, 0.25) is 0 Å². The van der Waals surface area contributed by atoms with Gasteiger partial charge in [-0.1, -0.05) is 18.2 Å². The zero-order valence-electron chi connectivity index (χ0n) is 23.8. The van der Waals surface area contributed by atoms with Gasteiger partial charge in [-0.25, -0.2) is 26.3 Å². The molecule has 0 N–H and O–H groups in total. The molecular weight excluding hydrogens is 592 g/mol. The van der Waals surface area contributed by atoms with Crippen LogP contribution in [0.1, 0.15) is 68.4 Å². The van der Waals surface area contributed by atoms with Crippen molar-refractivity contribution in [2.45, 2.75) is 69.5 Å². The zero-order chi connectivity index (χ0) is 31.6. The summed E-state index contributed by atoms with van der Waals surface area (Å²) in [6.07, 6.45) is 5.54. The number of ether oxygens (including phenoxy) is 2. The monoisotopic (exact) mass is 624 g/mol. The third-order valence-electron chi connectivity index (χ3n) is 8.92. The molecule has 0 aromatic heterocycles. The standard InChI is InChI=1S/C34H32F8O2/c1-2-13-43-24-10-7-20(8-11-24)19-3-5-21(6-4-19)22-9-12-26(27(35)14-22)23-15-28(36)32(29(37)16-23)34(41,42)44-25-17-30(38)33(40)31(39)18-25/h2,9,12,14-21,24H,1,3-8,10-11,13H2. The normalized spacial score (nSPS) is 22.5. The average Bonchev–Trinajstić information content (AvgIpc) is 2.98. The van der Waals surface area contributed by atoms with E-state index in [0.29, 0.717) is 36.7 Å². The van der Waals surface area contributed by atoms with Gasteiger partial charge in [0.25, 0.3) is 0 Å². The van der Waals surface area contributed by atoms with Crippen LogP contribution >= 0.6 is 0 Å². The number of benzene rings is 3. The van der Waals surface area contributed by atoms with E-state index in [4.69, 9.17) is 4.74 Å². The van der Waals surface area contributed by atoms with Gasteiger partial charge < -0.3 is 9.47 Å². The molecule has 44 heavy (non-hydrogen) atoms. The van der Waals surface area contributed by atoms with Crippen molar-refractivity contribution in [3.05, 3.63) is 101 Å². The van der Waals surface area contributed by atoms with E-state index in [0.717, 1.165) is 56.9 Å². The summed E-state index contributed by atoms with van der Waals surface area (Å²) in [6, 6.07) is 5.67. The quantitative estimate of drug-likeness (QED) is 0.134. The van der Waals surface area contributed by atoms with Crippen LogP contribution in [0.3, 0.4) is 0 Å². The Bertz CT molecular complexity index is 1440. The van der Waals surface area contributed by atoms with E-state index in [-0.39, 0.29) is 29.2 Å². The van der Waals surface area contributed by atoms with Gasteiger partial charge in [-0.2, -0.15) is 8.78 Å². The molecule has 2 aliphatic rings. The summed E-state index contributed by atoms with van der Waals surface area (Å²) < 4.78 is 124. The first-order valence-corrected chi connectivity index (χ1v) is 14.7. The maximum atomic E-state index is 15.2. The largest absolute Gasteiger partial charge is 0.432 e. The highest BCUT2D eigenvalue weighted by atomic mass is 19.3. The second kappa shape index (κ2) is 13.3. The molecule has 0 spiro atoms. The Labute approximate surface area is 250 Å². The molecule has 0 heterocycles. The lowest BCUT2D eigenvalue weighted by molar-refractivity contribution is -0.189. The van der Waals surface area contributed by atoms with Gasteiger partial charge in [-0.15, -0.1) is 6.58 Å². The molecule has 3 aromatic carbocycles. The summed E-state index contributed by atoms with van der Waals surface area (Å²) in [6.45, 7) is 4.26. The van der Waals surface area contributed by atoms with Crippen molar-refractivity contribution in [1.29, 1.82) is 0 Å². The minimum Gasteiger partial charge on any atom is -0.429 e. The van der Waals surface area contributed by atoms with E-state index >= 15 is 4.39 Å². The predicted octanol–water partition coefficient (Wildman–Crippen LogP) is 10.4. The molecular formula is C34H32F8O2. The van der Waals surface area contributed by atoms with E-state index in [1.807, 2.05) is 0 Å². The second-order valence-corrected chi connectivity index (χ2v) is 11.6. The van der Waals surface area contributed by atoms with Crippen LogP contribution in [0.15, 0.2) is 55.1 Å². The Morgan fingerprint density at radius 3 is 1.82 bits per heavy atom. The van der Waals surface area contributed by atoms with Gasteiger partial charge in [0.15, 0.2) is 17.5 Å². The van der Waals surface area contributed by atoms with Gasteiger partial charge in [0.1, 0.15) is 28.8 Å². The molecule has 3 aromatic rings. The fourth-order valence-electron chi connectivity index (χ4n) is 6.67. The Hall–Kier alpha value is -3.40. The molecule has 2 fully saturated rings.